The van der Waals surface area contributed by atoms with Gasteiger partial charge in [0.25, 0.3) is 5.91 Å². The molecular formula is C25H19ClN2O3. The van der Waals surface area contributed by atoms with Crippen LogP contribution in [-0.2, 0) is 0 Å². The lowest BCUT2D eigenvalue weighted by Crippen LogP contribution is -2.30. The number of anilines is 1. The van der Waals surface area contributed by atoms with E-state index in [9.17, 15) is 9.59 Å². The van der Waals surface area contributed by atoms with Crippen molar-refractivity contribution in [3.63, 3.8) is 0 Å². The van der Waals surface area contributed by atoms with Crippen LogP contribution in [0.15, 0.2) is 63.8 Å². The number of pyridine rings is 1. The number of carbonyl (C=O) groups excluding carboxylic acids is 1. The van der Waals surface area contributed by atoms with Gasteiger partial charge in [-0.05, 0) is 73.9 Å². The summed E-state index contributed by atoms with van der Waals surface area (Å²) >= 11 is 6.09. The average Bonchev–Trinajstić information content (AvgIpc) is 3.03. The van der Waals surface area contributed by atoms with Gasteiger partial charge in [0, 0.05) is 10.7 Å². The van der Waals surface area contributed by atoms with Gasteiger partial charge in [-0.2, -0.15) is 0 Å². The first-order valence-corrected chi connectivity index (χ1v) is 10.3. The predicted molar refractivity (Wildman–Crippen MR) is 121 cm³/mol. The Morgan fingerprint density at radius 1 is 0.968 bits per heavy atom. The van der Waals surface area contributed by atoms with Crippen molar-refractivity contribution in [3.05, 3.63) is 104 Å². The summed E-state index contributed by atoms with van der Waals surface area (Å²) in [4.78, 5) is 33.2. The Bertz CT molecular complexity index is 1420. The van der Waals surface area contributed by atoms with Gasteiger partial charge in [0.05, 0.1) is 17.0 Å². The molecule has 0 spiro atoms. The molecule has 1 aliphatic heterocycles. The SMILES string of the molecule is Cc1cccc(N2C(=O)c3oc4cc(C)c(C)cc4c(=O)c3C2c2ccc(Cl)cc2)n1. The van der Waals surface area contributed by atoms with Crippen LogP contribution >= 0.6 is 11.6 Å². The number of amides is 1. The summed E-state index contributed by atoms with van der Waals surface area (Å²) < 4.78 is 6.05. The van der Waals surface area contributed by atoms with Gasteiger partial charge >= 0.3 is 0 Å². The molecule has 2 aromatic heterocycles. The summed E-state index contributed by atoms with van der Waals surface area (Å²) in [6.45, 7) is 5.76. The second-order valence-corrected chi connectivity index (χ2v) is 8.31. The second-order valence-electron chi connectivity index (χ2n) is 7.87. The highest BCUT2D eigenvalue weighted by Crippen LogP contribution is 2.41. The van der Waals surface area contributed by atoms with E-state index in [0.717, 1.165) is 22.4 Å². The average molecular weight is 431 g/mol. The van der Waals surface area contributed by atoms with Crippen LogP contribution in [0.1, 0.15) is 44.5 Å². The van der Waals surface area contributed by atoms with E-state index in [1.165, 1.54) is 4.90 Å². The molecule has 5 rings (SSSR count). The van der Waals surface area contributed by atoms with Gasteiger partial charge in [0.1, 0.15) is 11.4 Å². The van der Waals surface area contributed by atoms with Crippen molar-refractivity contribution in [3.8, 4) is 0 Å². The number of halogens is 1. The number of hydrogen-bond acceptors (Lipinski definition) is 4. The zero-order valence-corrected chi connectivity index (χ0v) is 18.0. The lowest BCUT2D eigenvalue weighted by molar-refractivity contribution is 0.0970. The minimum absolute atomic E-state index is 0.0593. The molecule has 4 aromatic rings. The largest absolute Gasteiger partial charge is 0.450 e. The van der Waals surface area contributed by atoms with Crippen LogP contribution in [0.3, 0.4) is 0 Å². The Morgan fingerprint density at radius 3 is 2.39 bits per heavy atom. The smallest absolute Gasteiger partial charge is 0.296 e. The van der Waals surface area contributed by atoms with E-state index in [0.29, 0.717) is 27.4 Å². The Labute approximate surface area is 183 Å². The monoisotopic (exact) mass is 430 g/mol. The van der Waals surface area contributed by atoms with Crippen molar-refractivity contribution in [1.29, 1.82) is 0 Å². The predicted octanol–water partition coefficient (Wildman–Crippen LogP) is 5.52. The van der Waals surface area contributed by atoms with Crippen molar-refractivity contribution >= 4 is 34.3 Å². The number of aromatic nitrogens is 1. The van der Waals surface area contributed by atoms with E-state index in [2.05, 4.69) is 4.98 Å². The molecule has 6 heteroatoms. The van der Waals surface area contributed by atoms with Crippen LogP contribution in [0.25, 0.3) is 11.0 Å². The number of aryl methyl sites for hydroxylation is 3. The second kappa shape index (κ2) is 7.06. The number of carbonyl (C=O) groups is 1. The molecule has 31 heavy (non-hydrogen) atoms. The van der Waals surface area contributed by atoms with Crippen molar-refractivity contribution in [2.24, 2.45) is 0 Å². The van der Waals surface area contributed by atoms with Crippen LogP contribution in [-0.4, -0.2) is 10.9 Å². The third-order valence-corrected chi connectivity index (χ3v) is 6.04. The first-order valence-electron chi connectivity index (χ1n) is 9.96. The van der Waals surface area contributed by atoms with E-state index in [1.807, 2.05) is 57.2 Å². The summed E-state index contributed by atoms with van der Waals surface area (Å²) in [7, 11) is 0. The highest BCUT2D eigenvalue weighted by molar-refractivity contribution is 6.30. The summed E-state index contributed by atoms with van der Waals surface area (Å²) in [6.07, 6.45) is 0. The van der Waals surface area contributed by atoms with Crippen LogP contribution in [0.2, 0.25) is 5.02 Å². The van der Waals surface area contributed by atoms with E-state index in [-0.39, 0.29) is 17.1 Å². The normalized spacial score (nSPS) is 15.5. The third kappa shape index (κ3) is 3.04. The molecule has 1 amide bonds. The molecular weight excluding hydrogens is 412 g/mol. The van der Waals surface area contributed by atoms with Gasteiger partial charge in [0.2, 0.25) is 5.76 Å². The minimum atomic E-state index is -0.656. The third-order valence-electron chi connectivity index (χ3n) is 5.79. The molecule has 5 nitrogen and oxygen atoms in total. The summed E-state index contributed by atoms with van der Waals surface area (Å²) in [6, 6.07) is 15.6. The fourth-order valence-corrected chi connectivity index (χ4v) is 4.21. The van der Waals surface area contributed by atoms with E-state index in [4.69, 9.17) is 16.0 Å². The molecule has 1 unspecified atom stereocenters. The standard InChI is InChI=1S/C25H19ClN2O3/c1-13-11-18-19(12-14(13)2)31-24-21(23(18)29)22(16-7-9-17(26)10-8-16)28(25(24)30)20-6-4-5-15(3)27-20/h4-12,22H,1-3H3. The highest BCUT2D eigenvalue weighted by atomic mass is 35.5. The van der Waals surface area contributed by atoms with Crippen molar-refractivity contribution in [2.75, 3.05) is 4.90 Å². The maximum absolute atomic E-state index is 13.6. The number of fused-ring (bicyclic) bond motifs is 2. The van der Waals surface area contributed by atoms with Gasteiger partial charge in [-0.15, -0.1) is 0 Å². The van der Waals surface area contributed by atoms with Gasteiger partial charge in [-0.25, -0.2) is 4.98 Å². The molecule has 0 saturated carbocycles. The van der Waals surface area contributed by atoms with Gasteiger partial charge in [-0.3, -0.25) is 14.5 Å². The maximum Gasteiger partial charge on any atom is 0.296 e. The molecule has 3 heterocycles. The Morgan fingerprint density at radius 2 is 1.68 bits per heavy atom. The zero-order chi connectivity index (χ0) is 21.9. The van der Waals surface area contributed by atoms with E-state index >= 15 is 0 Å². The van der Waals surface area contributed by atoms with Crippen molar-refractivity contribution in [1.82, 2.24) is 4.98 Å². The summed E-state index contributed by atoms with van der Waals surface area (Å²) in [5, 5.41) is 1.04. The molecule has 0 radical (unpaired) electrons. The molecule has 1 atom stereocenters. The van der Waals surface area contributed by atoms with Crippen LogP contribution < -0.4 is 10.3 Å². The highest BCUT2D eigenvalue weighted by Gasteiger charge is 2.44. The van der Waals surface area contributed by atoms with Gasteiger partial charge < -0.3 is 4.42 Å². The molecule has 2 aromatic carbocycles. The number of hydrogen-bond donors (Lipinski definition) is 0. The first-order chi connectivity index (χ1) is 14.8. The molecule has 0 bridgehead atoms. The van der Waals surface area contributed by atoms with Gasteiger partial charge in [-0.1, -0.05) is 29.8 Å². The maximum atomic E-state index is 13.6. The summed E-state index contributed by atoms with van der Waals surface area (Å²) in [5.41, 5.74) is 4.04. The lowest BCUT2D eigenvalue weighted by atomic mass is 9.97. The fraction of sp³-hybridized carbons (Fsp3) is 0.160. The Hall–Kier alpha value is -3.44. The first kappa shape index (κ1) is 19.5. The quantitative estimate of drug-likeness (QED) is 0.420. The Balaban J connectivity index is 1.83. The molecule has 1 aliphatic rings. The molecule has 0 N–H and O–H groups in total. The van der Waals surface area contributed by atoms with Crippen molar-refractivity contribution in [2.45, 2.75) is 26.8 Å². The number of rotatable bonds is 2. The molecule has 0 saturated heterocycles. The number of benzene rings is 2. The molecule has 0 aliphatic carbocycles. The van der Waals surface area contributed by atoms with Crippen LogP contribution in [0.4, 0.5) is 5.82 Å². The van der Waals surface area contributed by atoms with E-state index < -0.39 is 6.04 Å². The van der Waals surface area contributed by atoms with Gasteiger partial charge in [0.15, 0.2) is 5.43 Å². The lowest BCUT2D eigenvalue weighted by Gasteiger charge is -2.24. The molecule has 154 valence electrons. The zero-order valence-electron chi connectivity index (χ0n) is 17.3. The Kier molecular flexibility index (Phi) is 4.45. The topological polar surface area (TPSA) is 63.4 Å². The number of nitrogens with zero attached hydrogens (tertiary/aromatic N) is 2. The minimum Gasteiger partial charge on any atom is -0.450 e. The fourth-order valence-electron chi connectivity index (χ4n) is 4.09. The summed E-state index contributed by atoms with van der Waals surface area (Å²) in [5.74, 6) is 0.140. The van der Waals surface area contributed by atoms with Crippen LogP contribution in [0, 0.1) is 20.8 Å². The van der Waals surface area contributed by atoms with Crippen LogP contribution in [0.5, 0.6) is 0 Å². The molecule has 0 fully saturated rings. The van der Waals surface area contributed by atoms with Crippen molar-refractivity contribution < 1.29 is 9.21 Å². The van der Waals surface area contributed by atoms with E-state index in [1.54, 1.807) is 18.2 Å².